The molecule has 0 radical (unpaired) electrons. The molecule has 0 aromatic heterocycles. The number of rotatable bonds is 16. The van der Waals surface area contributed by atoms with E-state index in [2.05, 4.69) is 22.0 Å². The first-order chi connectivity index (χ1) is 36.1. The summed E-state index contributed by atoms with van der Waals surface area (Å²) < 4.78 is 11.4. The van der Waals surface area contributed by atoms with Gasteiger partial charge in [-0.3, -0.25) is 33.7 Å². The zero-order valence-electron chi connectivity index (χ0n) is 47.4. The first-order valence-corrected chi connectivity index (χ1v) is 27.4. The monoisotopic (exact) mass is 1060 g/mol. The average molecular weight is 1060 g/mol. The maximum atomic E-state index is 15.7. The van der Waals surface area contributed by atoms with Gasteiger partial charge in [0.25, 0.3) is 0 Å². The smallest absolute Gasteiger partial charge is 0.410 e. The average Bonchev–Trinajstić information content (AvgIpc) is 4.07. The Balaban J connectivity index is 1.19. The summed E-state index contributed by atoms with van der Waals surface area (Å²) >= 11 is 0. The van der Waals surface area contributed by atoms with E-state index in [1.807, 2.05) is 114 Å². The minimum absolute atomic E-state index is 0.000510. The van der Waals surface area contributed by atoms with Crippen LogP contribution >= 0.6 is 0 Å². The molecule has 3 aromatic rings. The third-order valence-electron chi connectivity index (χ3n) is 15.9. The summed E-state index contributed by atoms with van der Waals surface area (Å²) in [6.45, 7) is 18.2. The van der Waals surface area contributed by atoms with E-state index in [-0.39, 0.29) is 68.8 Å². The van der Waals surface area contributed by atoms with Gasteiger partial charge in [0.05, 0.1) is 30.1 Å². The SMILES string of the molecule is COC[C@H](c1ccccc1)N(CC1(C(=O)N[C@H]2C[C@@H](C(=O)N[C@@H]3CCCc4ccccc43)N(C(=O)[C@@H](NC(=O)[C@H](C)N(C)C(=O)OC(C)(C)C)C(C)(C)C)C2)CC1)C(=O)[C@@H]1Cc2ccccc2CN1C(=O)[C@@H](N)C(C)(C)C. The number of likely N-dealkylation sites (N-methyl/N-ethyl adjacent to an activating group) is 1. The number of ether oxygens (including phenoxy) is 2. The number of hydrogen-bond acceptors (Lipinski definition) is 10. The highest BCUT2D eigenvalue weighted by molar-refractivity contribution is 5.96. The van der Waals surface area contributed by atoms with Crippen LogP contribution in [0.1, 0.15) is 141 Å². The van der Waals surface area contributed by atoms with Crippen LogP contribution in [0.3, 0.4) is 0 Å². The third-order valence-corrected chi connectivity index (χ3v) is 15.9. The Labute approximate surface area is 455 Å². The molecule has 17 nitrogen and oxygen atoms in total. The van der Waals surface area contributed by atoms with Gasteiger partial charge in [-0.2, -0.15) is 0 Å². The lowest BCUT2D eigenvalue weighted by atomic mass is 9.84. The fraction of sp³-hybridized carbons (Fsp3) is 0.583. The first kappa shape index (κ1) is 58.4. The molecular formula is C60H84N8O9. The molecule has 5 N–H and O–H groups in total. The second-order valence-corrected chi connectivity index (χ2v) is 25.1. The molecule has 0 unspecified atom stereocenters. The molecule has 4 aliphatic rings. The van der Waals surface area contributed by atoms with E-state index >= 15 is 14.4 Å². The maximum absolute atomic E-state index is 15.7. The Hall–Kier alpha value is -6.33. The Morgan fingerprint density at radius 2 is 1.40 bits per heavy atom. The van der Waals surface area contributed by atoms with Crippen LogP contribution in [0, 0.1) is 16.2 Å². The van der Waals surface area contributed by atoms with Crippen LogP contribution in [-0.4, -0.2) is 137 Å². The molecule has 1 saturated carbocycles. The van der Waals surface area contributed by atoms with E-state index in [1.54, 1.807) is 44.6 Å². The van der Waals surface area contributed by atoms with E-state index in [1.165, 1.54) is 16.8 Å². The second-order valence-electron chi connectivity index (χ2n) is 25.1. The number of fused-ring (bicyclic) bond motifs is 2. The molecule has 1 saturated heterocycles. The number of nitrogens with zero attached hydrogens (tertiary/aromatic N) is 4. The summed E-state index contributed by atoms with van der Waals surface area (Å²) in [4.78, 5) is 108. The maximum Gasteiger partial charge on any atom is 0.410 e. The van der Waals surface area contributed by atoms with Crippen molar-refractivity contribution in [1.29, 1.82) is 0 Å². The van der Waals surface area contributed by atoms with Crippen molar-refractivity contribution in [2.24, 2.45) is 22.0 Å². The predicted molar refractivity (Wildman–Crippen MR) is 294 cm³/mol. The Morgan fingerprint density at radius 1 is 0.779 bits per heavy atom. The number of nitrogens with one attached hydrogen (secondary N) is 3. The van der Waals surface area contributed by atoms with Gasteiger partial charge >= 0.3 is 6.09 Å². The van der Waals surface area contributed by atoms with Gasteiger partial charge in [0.15, 0.2) is 0 Å². The zero-order chi connectivity index (χ0) is 56.4. The van der Waals surface area contributed by atoms with Crippen molar-refractivity contribution in [3.63, 3.8) is 0 Å². The van der Waals surface area contributed by atoms with E-state index < -0.39 is 82.0 Å². The highest BCUT2D eigenvalue weighted by atomic mass is 16.6. The van der Waals surface area contributed by atoms with Crippen LogP contribution in [0.2, 0.25) is 0 Å². The van der Waals surface area contributed by atoms with Gasteiger partial charge in [0, 0.05) is 46.3 Å². The Morgan fingerprint density at radius 3 is 2.01 bits per heavy atom. The van der Waals surface area contributed by atoms with Crippen molar-refractivity contribution in [3.05, 3.63) is 107 Å². The highest BCUT2D eigenvalue weighted by Gasteiger charge is 2.55. The molecule has 2 aliphatic carbocycles. The van der Waals surface area contributed by atoms with Gasteiger partial charge in [-0.25, -0.2) is 4.79 Å². The molecule has 7 amide bonds. The van der Waals surface area contributed by atoms with Crippen LogP contribution in [0.15, 0.2) is 78.9 Å². The van der Waals surface area contributed by atoms with Crippen molar-refractivity contribution in [2.45, 2.75) is 175 Å². The summed E-state index contributed by atoms with van der Waals surface area (Å²) in [6, 6.07) is 18.7. The number of hydrogen-bond donors (Lipinski definition) is 4. The third kappa shape index (κ3) is 13.5. The predicted octanol–water partition coefficient (Wildman–Crippen LogP) is 6.38. The van der Waals surface area contributed by atoms with E-state index in [0.717, 1.165) is 40.7 Å². The van der Waals surface area contributed by atoms with E-state index in [9.17, 15) is 19.2 Å². The zero-order valence-corrected chi connectivity index (χ0v) is 47.4. The van der Waals surface area contributed by atoms with Crippen LogP contribution in [0.5, 0.6) is 0 Å². The number of carbonyl (C=O) groups is 7. The van der Waals surface area contributed by atoms with Crippen molar-refractivity contribution < 1.29 is 43.0 Å². The Bertz CT molecular complexity index is 2650. The summed E-state index contributed by atoms with van der Waals surface area (Å²) in [5.74, 6) is -2.47. The minimum atomic E-state index is -1.15. The van der Waals surface area contributed by atoms with Gasteiger partial charge < -0.3 is 45.9 Å². The normalized spacial score (nSPS) is 21.5. The standard InChI is InChI=1S/C60H84N8O9/c1-37(65(11)56(75)77-59(8,9)10)50(69)64-49(58(5,6)7)54(73)67-34-42(32-45(67)51(70)63-44-28-20-26-38-21-18-19-27-43(38)44)62-55(74)60(29-30-60)36-68(47(35-76-12)39-22-14-13-15-23-39)52(71)46-31-40-24-16-17-25-41(40)33-66(46)53(72)48(61)57(2,3)4/h13-19,21-25,27,37,42,44-49H,20,26,28-36,61H2,1-12H3,(H,62,74)(H,63,70)(H,64,69)/t37-,42-,44+,45-,46-,47+,48+,49+/m0/s1. The van der Waals surface area contributed by atoms with E-state index in [0.29, 0.717) is 19.3 Å². The van der Waals surface area contributed by atoms with E-state index in [4.69, 9.17) is 15.2 Å². The number of likely N-dealkylation sites (tertiary alicyclic amines) is 1. The molecule has 2 fully saturated rings. The number of methoxy groups -OCH3 is 1. The van der Waals surface area contributed by atoms with Gasteiger partial charge in [0.2, 0.25) is 35.4 Å². The molecular weight excluding hydrogens is 977 g/mol. The van der Waals surface area contributed by atoms with Crippen molar-refractivity contribution in [1.82, 2.24) is 35.6 Å². The lowest BCUT2D eigenvalue weighted by Crippen LogP contribution is -2.60. The fourth-order valence-electron chi connectivity index (χ4n) is 10.9. The van der Waals surface area contributed by atoms with Crippen molar-refractivity contribution in [2.75, 3.05) is 33.9 Å². The molecule has 8 atom stereocenters. The molecule has 17 heteroatoms. The number of carbonyl (C=O) groups excluding carboxylic acids is 7. The molecule has 3 aromatic carbocycles. The largest absolute Gasteiger partial charge is 0.444 e. The molecule has 2 heterocycles. The minimum Gasteiger partial charge on any atom is -0.444 e. The van der Waals surface area contributed by atoms with Gasteiger partial charge in [0.1, 0.15) is 29.8 Å². The molecule has 418 valence electrons. The van der Waals surface area contributed by atoms with Gasteiger partial charge in [-0.15, -0.1) is 0 Å². The van der Waals surface area contributed by atoms with Gasteiger partial charge in [-0.05, 0) is 105 Å². The fourth-order valence-corrected chi connectivity index (χ4v) is 10.9. The molecule has 77 heavy (non-hydrogen) atoms. The molecule has 7 rings (SSSR count). The summed E-state index contributed by atoms with van der Waals surface area (Å²) in [7, 11) is 3.03. The lowest BCUT2D eigenvalue weighted by molar-refractivity contribution is -0.152. The first-order valence-electron chi connectivity index (χ1n) is 27.4. The van der Waals surface area contributed by atoms with Crippen LogP contribution in [0.4, 0.5) is 4.79 Å². The summed E-state index contributed by atoms with van der Waals surface area (Å²) in [5.41, 5.74) is 8.19. The van der Waals surface area contributed by atoms with Crippen LogP contribution < -0.4 is 21.7 Å². The van der Waals surface area contributed by atoms with Gasteiger partial charge in [-0.1, -0.05) is 120 Å². The topological polar surface area (TPSA) is 213 Å². The van der Waals surface area contributed by atoms with Crippen LogP contribution in [-0.2, 0) is 57.6 Å². The number of amides is 7. The summed E-state index contributed by atoms with van der Waals surface area (Å²) in [6.07, 6.45) is 3.00. The second kappa shape index (κ2) is 23.3. The molecule has 0 bridgehead atoms. The van der Waals surface area contributed by atoms with Crippen molar-refractivity contribution in [3.8, 4) is 0 Å². The van der Waals surface area contributed by atoms with Crippen LogP contribution in [0.25, 0.3) is 0 Å². The Kier molecular flexibility index (Phi) is 17.7. The number of benzene rings is 3. The quantitative estimate of drug-likeness (QED) is 0.124. The lowest BCUT2D eigenvalue weighted by Gasteiger charge is -2.43. The van der Waals surface area contributed by atoms with Crippen molar-refractivity contribution >= 4 is 41.5 Å². The number of nitrogens with two attached hydrogens (primary N) is 1. The summed E-state index contributed by atoms with van der Waals surface area (Å²) in [5, 5.41) is 9.43. The number of aryl methyl sites for hydroxylation is 1. The molecule has 0 spiro atoms. The molecule has 2 aliphatic heterocycles. The highest BCUT2D eigenvalue weighted by Crippen LogP contribution is 2.48.